The fraction of sp³-hybridized carbons (Fsp3) is 0.556. The third-order valence-electron chi connectivity index (χ3n) is 5.07. The Morgan fingerprint density at radius 3 is 2.59 bits per heavy atom. The first-order valence-corrected chi connectivity index (χ1v) is 8.06. The highest BCUT2D eigenvalue weighted by Gasteiger charge is 2.52. The first kappa shape index (κ1) is 14.9. The molecule has 0 spiro atoms. The van der Waals surface area contributed by atoms with E-state index in [1.165, 1.54) is 11.3 Å². The third-order valence-corrected chi connectivity index (χ3v) is 5.07. The Hall–Kier alpha value is -2.02. The number of aryl methyl sites for hydroxylation is 1. The van der Waals surface area contributed by atoms with Gasteiger partial charge in [-0.3, -0.25) is 4.79 Å². The molecule has 1 aliphatic carbocycles. The van der Waals surface area contributed by atoms with E-state index in [2.05, 4.69) is 42.2 Å². The molecule has 0 bridgehead atoms. The standard InChI is InChI=1S/C18H23N3O/c1-14-4-3-5-16(12-14)21-10-6-15(7-11-21)20(2)17(22)18(13-19)8-9-18/h3-5,12,15H,6-11H2,1-2H3. The highest BCUT2D eigenvalue weighted by Crippen LogP contribution is 2.46. The summed E-state index contributed by atoms with van der Waals surface area (Å²) in [5.41, 5.74) is 1.85. The normalized spacial score (nSPS) is 20.3. The van der Waals surface area contributed by atoms with Crippen LogP contribution < -0.4 is 4.90 Å². The molecule has 22 heavy (non-hydrogen) atoms. The summed E-state index contributed by atoms with van der Waals surface area (Å²) in [6.07, 6.45) is 3.40. The summed E-state index contributed by atoms with van der Waals surface area (Å²) in [5.74, 6) is 0.0315. The predicted molar refractivity (Wildman–Crippen MR) is 86.5 cm³/mol. The smallest absolute Gasteiger partial charge is 0.243 e. The molecule has 1 saturated heterocycles. The highest BCUT2D eigenvalue weighted by atomic mass is 16.2. The number of anilines is 1. The van der Waals surface area contributed by atoms with Crippen LogP contribution in [0.4, 0.5) is 5.69 Å². The molecular weight excluding hydrogens is 274 g/mol. The Morgan fingerprint density at radius 1 is 1.36 bits per heavy atom. The molecule has 0 unspecified atom stereocenters. The van der Waals surface area contributed by atoms with Crippen LogP contribution in [-0.4, -0.2) is 37.0 Å². The van der Waals surface area contributed by atoms with Gasteiger partial charge in [-0.25, -0.2) is 0 Å². The molecular formula is C18H23N3O. The molecule has 2 fully saturated rings. The number of amides is 1. The number of benzene rings is 1. The van der Waals surface area contributed by atoms with E-state index in [1.54, 1.807) is 0 Å². The van der Waals surface area contributed by atoms with Gasteiger partial charge in [-0.1, -0.05) is 12.1 Å². The molecule has 4 nitrogen and oxygen atoms in total. The van der Waals surface area contributed by atoms with Gasteiger partial charge in [-0.2, -0.15) is 5.26 Å². The third kappa shape index (κ3) is 2.68. The summed E-state index contributed by atoms with van der Waals surface area (Å²) >= 11 is 0. The monoisotopic (exact) mass is 297 g/mol. The van der Waals surface area contributed by atoms with Gasteiger partial charge in [0.05, 0.1) is 6.07 Å². The first-order valence-electron chi connectivity index (χ1n) is 8.06. The molecule has 1 aromatic carbocycles. The van der Waals surface area contributed by atoms with Crippen LogP contribution in [0.1, 0.15) is 31.2 Å². The quantitative estimate of drug-likeness (QED) is 0.862. The van der Waals surface area contributed by atoms with Crippen LogP contribution in [0.3, 0.4) is 0 Å². The fourth-order valence-corrected chi connectivity index (χ4v) is 3.34. The number of piperidine rings is 1. The van der Waals surface area contributed by atoms with Crippen LogP contribution in [0.2, 0.25) is 0 Å². The molecule has 0 aromatic heterocycles. The van der Waals surface area contributed by atoms with Crippen LogP contribution in [0.25, 0.3) is 0 Å². The lowest BCUT2D eigenvalue weighted by Crippen LogP contribution is -2.47. The van der Waals surface area contributed by atoms with Gasteiger partial charge in [0.1, 0.15) is 5.41 Å². The number of hydrogen-bond acceptors (Lipinski definition) is 3. The Kier molecular flexibility index (Phi) is 3.82. The van der Waals surface area contributed by atoms with Crippen molar-refractivity contribution in [1.82, 2.24) is 4.90 Å². The number of hydrogen-bond donors (Lipinski definition) is 0. The minimum Gasteiger partial charge on any atom is -0.371 e. The van der Waals surface area contributed by atoms with Crippen molar-refractivity contribution in [3.05, 3.63) is 29.8 Å². The zero-order valence-corrected chi connectivity index (χ0v) is 13.4. The predicted octanol–water partition coefficient (Wildman–Crippen LogP) is 2.73. The van der Waals surface area contributed by atoms with Crippen molar-refractivity contribution in [3.8, 4) is 6.07 Å². The van der Waals surface area contributed by atoms with E-state index in [-0.39, 0.29) is 11.9 Å². The van der Waals surface area contributed by atoms with E-state index in [1.807, 2.05) is 11.9 Å². The second-order valence-electron chi connectivity index (χ2n) is 6.67. The SMILES string of the molecule is Cc1cccc(N2CCC(N(C)C(=O)C3(C#N)CC3)CC2)c1. The molecule has 1 aliphatic heterocycles. The number of carbonyl (C=O) groups is 1. The van der Waals surface area contributed by atoms with Crippen molar-refractivity contribution < 1.29 is 4.79 Å². The second-order valence-corrected chi connectivity index (χ2v) is 6.67. The van der Waals surface area contributed by atoms with Gasteiger partial charge < -0.3 is 9.80 Å². The molecule has 1 aromatic rings. The van der Waals surface area contributed by atoms with Crippen molar-refractivity contribution in [2.75, 3.05) is 25.0 Å². The van der Waals surface area contributed by atoms with Crippen molar-refractivity contribution in [3.63, 3.8) is 0 Å². The Bertz CT molecular complexity index is 607. The highest BCUT2D eigenvalue weighted by molar-refractivity contribution is 5.88. The summed E-state index contributed by atoms with van der Waals surface area (Å²) < 4.78 is 0. The van der Waals surface area contributed by atoms with Crippen molar-refractivity contribution >= 4 is 11.6 Å². The minimum absolute atomic E-state index is 0.0315. The van der Waals surface area contributed by atoms with E-state index in [4.69, 9.17) is 0 Å². The molecule has 3 rings (SSSR count). The van der Waals surface area contributed by atoms with Gasteiger partial charge >= 0.3 is 0 Å². The van der Waals surface area contributed by atoms with Gasteiger partial charge in [0, 0.05) is 31.9 Å². The maximum Gasteiger partial charge on any atom is 0.243 e. The van der Waals surface area contributed by atoms with Gasteiger partial charge in [0.2, 0.25) is 5.91 Å². The summed E-state index contributed by atoms with van der Waals surface area (Å²) in [7, 11) is 1.87. The van der Waals surface area contributed by atoms with Crippen LogP contribution in [0.15, 0.2) is 24.3 Å². The molecule has 4 heteroatoms. The number of nitrogens with zero attached hydrogens (tertiary/aromatic N) is 3. The Morgan fingerprint density at radius 2 is 2.05 bits per heavy atom. The molecule has 1 heterocycles. The average molecular weight is 297 g/mol. The lowest BCUT2D eigenvalue weighted by molar-refractivity contribution is -0.136. The molecule has 116 valence electrons. The van der Waals surface area contributed by atoms with Crippen LogP contribution in [0, 0.1) is 23.7 Å². The number of carbonyl (C=O) groups excluding carboxylic acids is 1. The largest absolute Gasteiger partial charge is 0.371 e. The summed E-state index contributed by atoms with van der Waals surface area (Å²) in [5, 5.41) is 9.19. The van der Waals surface area contributed by atoms with Gasteiger partial charge in [-0.05, 0) is 50.3 Å². The Labute approximate surface area is 132 Å². The van der Waals surface area contributed by atoms with Crippen LogP contribution in [0.5, 0.6) is 0 Å². The molecule has 0 radical (unpaired) electrons. The number of rotatable bonds is 3. The lowest BCUT2D eigenvalue weighted by Gasteiger charge is -2.38. The Balaban J connectivity index is 1.60. The first-order chi connectivity index (χ1) is 10.6. The summed E-state index contributed by atoms with van der Waals surface area (Å²) in [6.45, 7) is 4.04. The fourth-order valence-electron chi connectivity index (χ4n) is 3.34. The maximum atomic E-state index is 12.4. The number of nitriles is 1. The van der Waals surface area contributed by atoms with E-state index in [0.29, 0.717) is 0 Å². The summed E-state index contributed by atoms with van der Waals surface area (Å²) in [6, 6.07) is 11.0. The van der Waals surface area contributed by atoms with Crippen molar-refractivity contribution in [2.45, 2.75) is 38.6 Å². The van der Waals surface area contributed by atoms with Crippen molar-refractivity contribution in [2.24, 2.45) is 5.41 Å². The molecule has 1 amide bonds. The molecule has 0 atom stereocenters. The van der Waals surface area contributed by atoms with E-state index < -0.39 is 5.41 Å². The lowest BCUT2D eigenvalue weighted by atomic mass is 9.99. The topological polar surface area (TPSA) is 47.3 Å². The molecule has 2 aliphatic rings. The van der Waals surface area contributed by atoms with E-state index in [9.17, 15) is 10.1 Å². The maximum absolute atomic E-state index is 12.4. The second kappa shape index (κ2) is 5.64. The van der Waals surface area contributed by atoms with Gasteiger partial charge in [0.25, 0.3) is 0 Å². The zero-order chi connectivity index (χ0) is 15.7. The van der Waals surface area contributed by atoms with Crippen LogP contribution >= 0.6 is 0 Å². The van der Waals surface area contributed by atoms with Gasteiger partial charge in [-0.15, -0.1) is 0 Å². The summed E-state index contributed by atoms with van der Waals surface area (Å²) in [4.78, 5) is 16.7. The van der Waals surface area contributed by atoms with Crippen molar-refractivity contribution in [1.29, 1.82) is 5.26 Å². The van der Waals surface area contributed by atoms with E-state index >= 15 is 0 Å². The zero-order valence-electron chi connectivity index (χ0n) is 13.4. The van der Waals surface area contributed by atoms with Crippen LogP contribution in [-0.2, 0) is 4.79 Å². The molecule has 0 N–H and O–H groups in total. The minimum atomic E-state index is -0.692. The molecule has 1 saturated carbocycles. The van der Waals surface area contributed by atoms with E-state index in [0.717, 1.165) is 38.8 Å². The average Bonchev–Trinajstić information content (AvgIpc) is 3.35. The van der Waals surface area contributed by atoms with Gasteiger partial charge in [0.15, 0.2) is 0 Å².